The number of rotatable bonds is 4. The standard InChI is InChI=1S/C14H12Cl2OS/c15-10-6-7-13(16)12(8-10)14(17)9-18-11-4-2-1-3-5-11/h1-8,14,17H,9H2. The van der Waals surface area contributed by atoms with Gasteiger partial charge in [0.05, 0.1) is 6.10 Å². The molecule has 94 valence electrons. The van der Waals surface area contributed by atoms with E-state index in [2.05, 4.69) is 0 Å². The van der Waals surface area contributed by atoms with Crippen LogP contribution in [0.2, 0.25) is 10.0 Å². The molecule has 1 unspecified atom stereocenters. The Morgan fingerprint density at radius 2 is 1.78 bits per heavy atom. The van der Waals surface area contributed by atoms with Crippen molar-refractivity contribution in [1.29, 1.82) is 0 Å². The molecule has 0 fully saturated rings. The van der Waals surface area contributed by atoms with Gasteiger partial charge in [0, 0.05) is 26.3 Å². The molecule has 2 rings (SSSR count). The van der Waals surface area contributed by atoms with E-state index in [4.69, 9.17) is 23.2 Å². The molecule has 0 saturated carbocycles. The van der Waals surface area contributed by atoms with Crippen LogP contribution in [0.3, 0.4) is 0 Å². The van der Waals surface area contributed by atoms with Gasteiger partial charge in [-0.05, 0) is 30.3 Å². The number of thioether (sulfide) groups is 1. The van der Waals surface area contributed by atoms with Gasteiger partial charge in [0.15, 0.2) is 0 Å². The van der Waals surface area contributed by atoms with Gasteiger partial charge in [-0.3, -0.25) is 0 Å². The Labute approximate surface area is 121 Å². The quantitative estimate of drug-likeness (QED) is 0.817. The molecule has 1 N–H and O–H groups in total. The summed E-state index contributed by atoms with van der Waals surface area (Å²) in [6.07, 6.45) is -0.624. The van der Waals surface area contributed by atoms with Crippen LogP contribution in [0.1, 0.15) is 11.7 Å². The van der Waals surface area contributed by atoms with Crippen LogP contribution in [0.25, 0.3) is 0 Å². The first-order chi connectivity index (χ1) is 8.66. The van der Waals surface area contributed by atoms with Gasteiger partial charge < -0.3 is 5.11 Å². The molecule has 0 spiro atoms. The van der Waals surface area contributed by atoms with Crippen LogP contribution < -0.4 is 0 Å². The minimum Gasteiger partial charge on any atom is -0.387 e. The van der Waals surface area contributed by atoms with E-state index in [9.17, 15) is 5.11 Å². The van der Waals surface area contributed by atoms with Crippen molar-refractivity contribution in [1.82, 2.24) is 0 Å². The molecule has 1 nitrogen and oxygen atoms in total. The summed E-state index contributed by atoms with van der Waals surface area (Å²) in [6, 6.07) is 15.1. The van der Waals surface area contributed by atoms with E-state index in [1.54, 1.807) is 30.0 Å². The molecule has 2 aromatic rings. The topological polar surface area (TPSA) is 20.2 Å². The number of aliphatic hydroxyl groups excluding tert-OH is 1. The molecule has 0 aliphatic carbocycles. The summed E-state index contributed by atoms with van der Waals surface area (Å²) in [4.78, 5) is 1.12. The fourth-order valence-corrected chi connectivity index (χ4v) is 2.86. The molecule has 0 bridgehead atoms. The third kappa shape index (κ3) is 3.66. The van der Waals surface area contributed by atoms with Crippen LogP contribution in [-0.2, 0) is 0 Å². The molecule has 0 aromatic heterocycles. The zero-order valence-corrected chi connectivity index (χ0v) is 11.8. The van der Waals surface area contributed by atoms with Gasteiger partial charge in [-0.2, -0.15) is 0 Å². The Kier molecular flexibility index (Phi) is 4.95. The first-order valence-electron chi connectivity index (χ1n) is 5.47. The van der Waals surface area contributed by atoms with Crippen molar-refractivity contribution in [2.24, 2.45) is 0 Å². The first kappa shape index (κ1) is 13.8. The highest BCUT2D eigenvalue weighted by Gasteiger charge is 2.12. The number of hydrogen-bond donors (Lipinski definition) is 1. The predicted octanol–water partition coefficient (Wildman–Crippen LogP) is 4.82. The molecule has 0 aliphatic rings. The highest BCUT2D eigenvalue weighted by atomic mass is 35.5. The maximum absolute atomic E-state index is 10.1. The fraction of sp³-hybridized carbons (Fsp3) is 0.143. The molecule has 18 heavy (non-hydrogen) atoms. The van der Waals surface area contributed by atoms with Crippen LogP contribution in [0.5, 0.6) is 0 Å². The van der Waals surface area contributed by atoms with Crippen molar-refractivity contribution in [2.75, 3.05) is 5.75 Å². The van der Waals surface area contributed by atoms with E-state index in [1.165, 1.54) is 0 Å². The SMILES string of the molecule is OC(CSc1ccccc1)c1cc(Cl)ccc1Cl. The average Bonchev–Trinajstić information content (AvgIpc) is 2.40. The highest BCUT2D eigenvalue weighted by molar-refractivity contribution is 7.99. The Morgan fingerprint density at radius 3 is 2.50 bits per heavy atom. The second-order valence-corrected chi connectivity index (χ2v) is 5.74. The van der Waals surface area contributed by atoms with Crippen molar-refractivity contribution in [3.8, 4) is 0 Å². The zero-order chi connectivity index (χ0) is 13.0. The maximum Gasteiger partial charge on any atom is 0.0898 e. The molecule has 0 radical (unpaired) electrons. The lowest BCUT2D eigenvalue weighted by Gasteiger charge is -2.12. The van der Waals surface area contributed by atoms with Crippen LogP contribution in [-0.4, -0.2) is 10.9 Å². The molecular weight excluding hydrogens is 287 g/mol. The molecule has 0 amide bonds. The fourth-order valence-electron chi connectivity index (χ4n) is 1.55. The normalized spacial score (nSPS) is 12.4. The van der Waals surface area contributed by atoms with E-state index in [-0.39, 0.29) is 0 Å². The highest BCUT2D eigenvalue weighted by Crippen LogP contribution is 2.30. The summed E-state index contributed by atoms with van der Waals surface area (Å²) in [5.41, 5.74) is 0.674. The van der Waals surface area contributed by atoms with Gasteiger partial charge in [0.25, 0.3) is 0 Å². The van der Waals surface area contributed by atoms with Crippen LogP contribution in [0.4, 0.5) is 0 Å². The van der Waals surface area contributed by atoms with Gasteiger partial charge in [-0.15, -0.1) is 11.8 Å². The van der Waals surface area contributed by atoms with Crippen molar-refractivity contribution >= 4 is 35.0 Å². The second-order valence-electron chi connectivity index (χ2n) is 3.81. The van der Waals surface area contributed by atoms with Gasteiger partial charge in [0.2, 0.25) is 0 Å². The number of halogens is 2. The van der Waals surface area contributed by atoms with Crippen LogP contribution >= 0.6 is 35.0 Å². The molecule has 0 heterocycles. The lowest BCUT2D eigenvalue weighted by Crippen LogP contribution is -2.01. The van der Waals surface area contributed by atoms with E-state index in [1.807, 2.05) is 30.3 Å². The van der Waals surface area contributed by atoms with Crippen LogP contribution in [0, 0.1) is 0 Å². The molecule has 2 aromatic carbocycles. The second kappa shape index (κ2) is 6.48. The maximum atomic E-state index is 10.1. The lowest BCUT2D eigenvalue weighted by molar-refractivity contribution is 0.204. The van der Waals surface area contributed by atoms with Crippen molar-refractivity contribution in [3.05, 3.63) is 64.1 Å². The minimum absolute atomic E-state index is 0.542. The monoisotopic (exact) mass is 298 g/mol. The Bertz CT molecular complexity index is 516. The summed E-state index contributed by atoms with van der Waals surface area (Å²) in [7, 11) is 0. The van der Waals surface area contributed by atoms with E-state index < -0.39 is 6.10 Å². The largest absolute Gasteiger partial charge is 0.387 e. The van der Waals surface area contributed by atoms with E-state index >= 15 is 0 Å². The summed E-state index contributed by atoms with van der Waals surface area (Å²) < 4.78 is 0. The molecule has 0 aliphatic heterocycles. The van der Waals surface area contributed by atoms with Crippen molar-refractivity contribution in [2.45, 2.75) is 11.0 Å². The number of hydrogen-bond acceptors (Lipinski definition) is 2. The minimum atomic E-state index is -0.624. The summed E-state index contributed by atoms with van der Waals surface area (Å²) >= 11 is 13.5. The molecule has 1 atom stereocenters. The molecule has 4 heteroatoms. The van der Waals surface area contributed by atoms with E-state index in [0.717, 1.165) is 4.90 Å². The third-order valence-corrected chi connectivity index (χ3v) is 4.14. The molecule has 0 saturated heterocycles. The summed E-state index contributed by atoms with van der Waals surface area (Å²) in [5, 5.41) is 11.2. The summed E-state index contributed by atoms with van der Waals surface area (Å²) in [5.74, 6) is 0.546. The summed E-state index contributed by atoms with van der Waals surface area (Å²) in [6.45, 7) is 0. The lowest BCUT2D eigenvalue weighted by atomic mass is 10.1. The number of aliphatic hydroxyl groups is 1. The Hall–Kier alpha value is -0.670. The van der Waals surface area contributed by atoms with Crippen molar-refractivity contribution in [3.63, 3.8) is 0 Å². The van der Waals surface area contributed by atoms with Gasteiger partial charge >= 0.3 is 0 Å². The van der Waals surface area contributed by atoms with Gasteiger partial charge in [-0.25, -0.2) is 0 Å². The van der Waals surface area contributed by atoms with E-state index in [0.29, 0.717) is 21.4 Å². The third-order valence-electron chi connectivity index (χ3n) is 2.47. The molecular formula is C14H12Cl2OS. The zero-order valence-electron chi connectivity index (χ0n) is 9.51. The first-order valence-corrected chi connectivity index (χ1v) is 7.22. The number of benzene rings is 2. The Morgan fingerprint density at radius 1 is 1.06 bits per heavy atom. The predicted molar refractivity (Wildman–Crippen MR) is 78.6 cm³/mol. The van der Waals surface area contributed by atoms with Crippen molar-refractivity contribution < 1.29 is 5.11 Å². The smallest absolute Gasteiger partial charge is 0.0898 e. The average molecular weight is 299 g/mol. The van der Waals surface area contributed by atoms with Gasteiger partial charge in [-0.1, -0.05) is 41.4 Å². The van der Waals surface area contributed by atoms with Gasteiger partial charge in [0.1, 0.15) is 0 Å². The Balaban J connectivity index is 2.03. The van der Waals surface area contributed by atoms with Crippen LogP contribution in [0.15, 0.2) is 53.4 Å².